The maximum Gasteiger partial charge on any atom is 0.220 e. The van der Waals surface area contributed by atoms with Gasteiger partial charge < -0.3 is 13.9 Å². The number of fused-ring (bicyclic) bond motifs is 1. The third kappa shape index (κ3) is 3.76. The normalized spacial score (nSPS) is 11.2. The Morgan fingerprint density at radius 2 is 1.75 bits per heavy atom. The molecule has 0 atom stereocenters. The third-order valence-corrected chi connectivity index (χ3v) is 4.42. The molecule has 28 heavy (non-hydrogen) atoms. The van der Waals surface area contributed by atoms with Gasteiger partial charge in [-0.15, -0.1) is 0 Å². The quantitative estimate of drug-likeness (QED) is 0.412. The van der Waals surface area contributed by atoms with Crippen molar-refractivity contribution in [1.82, 2.24) is 4.98 Å². The maximum absolute atomic E-state index is 5.85. The van der Waals surface area contributed by atoms with Gasteiger partial charge in [-0.25, -0.2) is 4.98 Å². The van der Waals surface area contributed by atoms with Gasteiger partial charge in [0.05, 0.1) is 13.7 Å². The van der Waals surface area contributed by atoms with Crippen molar-refractivity contribution in [3.63, 3.8) is 0 Å². The molecule has 1 heterocycles. The molecule has 0 fully saturated rings. The van der Waals surface area contributed by atoms with Crippen LogP contribution in [0.4, 0.5) is 0 Å². The number of benzene rings is 3. The number of oxazole rings is 1. The summed E-state index contributed by atoms with van der Waals surface area (Å²) in [6.07, 6.45) is 3.80. The van der Waals surface area contributed by atoms with Gasteiger partial charge in [-0.3, -0.25) is 0 Å². The van der Waals surface area contributed by atoms with Crippen molar-refractivity contribution in [1.29, 1.82) is 0 Å². The molecule has 0 saturated carbocycles. The monoisotopic (exact) mass is 371 g/mol. The van der Waals surface area contributed by atoms with Crippen LogP contribution in [0.1, 0.15) is 18.4 Å². The number of hydrogen-bond acceptors (Lipinski definition) is 4. The van der Waals surface area contributed by atoms with Crippen molar-refractivity contribution in [3.8, 4) is 22.6 Å². The Kier molecular flexibility index (Phi) is 5.11. The average Bonchev–Trinajstić information content (AvgIpc) is 3.16. The van der Waals surface area contributed by atoms with E-state index in [1.807, 2.05) is 73.7 Å². The molecule has 0 aliphatic carbocycles. The van der Waals surface area contributed by atoms with E-state index in [9.17, 15) is 0 Å². The standard InChI is InChI=1S/C24H21NO3/c1-3-27-22-12-9-17(15-23(22)26-2)10-14-24-25-20-16-19(11-13-21(20)28-24)18-7-5-4-6-8-18/h4-16H,3H2,1-2H3/b14-10+. The van der Waals surface area contributed by atoms with Crippen LogP contribution >= 0.6 is 0 Å². The molecule has 0 saturated heterocycles. The van der Waals surface area contributed by atoms with Crippen LogP contribution in [0, 0.1) is 0 Å². The summed E-state index contributed by atoms with van der Waals surface area (Å²) in [4.78, 5) is 4.59. The minimum absolute atomic E-state index is 0.563. The van der Waals surface area contributed by atoms with Crippen LogP contribution in [0.2, 0.25) is 0 Å². The van der Waals surface area contributed by atoms with Gasteiger partial charge in [0.25, 0.3) is 0 Å². The van der Waals surface area contributed by atoms with E-state index in [1.165, 1.54) is 0 Å². The maximum atomic E-state index is 5.85. The second kappa shape index (κ2) is 8.01. The van der Waals surface area contributed by atoms with Crippen molar-refractivity contribution in [2.24, 2.45) is 0 Å². The first-order valence-corrected chi connectivity index (χ1v) is 9.22. The predicted octanol–water partition coefficient (Wildman–Crippen LogP) is 6.07. The van der Waals surface area contributed by atoms with Gasteiger partial charge in [-0.05, 0) is 54.0 Å². The van der Waals surface area contributed by atoms with E-state index in [0.717, 1.165) is 33.5 Å². The lowest BCUT2D eigenvalue weighted by atomic mass is 10.1. The van der Waals surface area contributed by atoms with E-state index in [2.05, 4.69) is 17.1 Å². The Hall–Kier alpha value is -3.53. The molecule has 0 amide bonds. The fraction of sp³-hybridized carbons (Fsp3) is 0.125. The topological polar surface area (TPSA) is 44.5 Å². The Morgan fingerprint density at radius 1 is 0.893 bits per heavy atom. The number of methoxy groups -OCH3 is 1. The van der Waals surface area contributed by atoms with Crippen LogP contribution < -0.4 is 9.47 Å². The molecule has 0 spiro atoms. The van der Waals surface area contributed by atoms with Gasteiger partial charge >= 0.3 is 0 Å². The van der Waals surface area contributed by atoms with E-state index in [4.69, 9.17) is 13.9 Å². The fourth-order valence-corrected chi connectivity index (χ4v) is 3.06. The molecule has 4 nitrogen and oxygen atoms in total. The van der Waals surface area contributed by atoms with E-state index in [1.54, 1.807) is 7.11 Å². The molecule has 0 aliphatic rings. The first kappa shape index (κ1) is 17.9. The zero-order valence-electron chi connectivity index (χ0n) is 15.9. The van der Waals surface area contributed by atoms with Gasteiger partial charge in [0.2, 0.25) is 5.89 Å². The Morgan fingerprint density at radius 3 is 2.54 bits per heavy atom. The summed E-state index contributed by atoms with van der Waals surface area (Å²) < 4.78 is 16.8. The van der Waals surface area contributed by atoms with E-state index >= 15 is 0 Å². The van der Waals surface area contributed by atoms with E-state index in [-0.39, 0.29) is 0 Å². The summed E-state index contributed by atoms with van der Waals surface area (Å²) in [7, 11) is 1.64. The van der Waals surface area contributed by atoms with Crippen molar-refractivity contribution in [2.45, 2.75) is 6.92 Å². The summed E-state index contributed by atoms with van der Waals surface area (Å²) in [6.45, 7) is 2.54. The van der Waals surface area contributed by atoms with Crippen LogP contribution in [-0.4, -0.2) is 18.7 Å². The number of nitrogens with zero attached hydrogens (tertiary/aromatic N) is 1. The third-order valence-electron chi connectivity index (χ3n) is 4.42. The largest absolute Gasteiger partial charge is 0.493 e. The van der Waals surface area contributed by atoms with E-state index in [0.29, 0.717) is 18.2 Å². The average molecular weight is 371 g/mol. The highest BCUT2D eigenvalue weighted by Gasteiger charge is 2.07. The van der Waals surface area contributed by atoms with Crippen molar-refractivity contribution in [3.05, 3.63) is 78.2 Å². The summed E-state index contributed by atoms with van der Waals surface area (Å²) >= 11 is 0. The first-order valence-electron chi connectivity index (χ1n) is 9.22. The molecule has 140 valence electrons. The molecule has 0 N–H and O–H groups in total. The van der Waals surface area contributed by atoms with Gasteiger partial charge in [-0.1, -0.05) is 42.5 Å². The van der Waals surface area contributed by atoms with Gasteiger partial charge in [0, 0.05) is 6.08 Å². The second-order valence-corrected chi connectivity index (χ2v) is 6.28. The molecule has 0 aliphatic heterocycles. The lowest BCUT2D eigenvalue weighted by Gasteiger charge is -2.09. The lowest BCUT2D eigenvalue weighted by Crippen LogP contribution is -1.95. The smallest absolute Gasteiger partial charge is 0.220 e. The molecular formula is C24H21NO3. The van der Waals surface area contributed by atoms with E-state index < -0.39 is 0 Å². The molecule has 0 bridgehead atoms. The molecule has 0 unspecified atom stereocenters. The number of ether oxygens (including phenoxy) is 2. The van der Waals surface area contributed by atoms with Crippen LogP contribution in [0.25, 0.3) is 34.4 Å². The summed E-state index contributed by atoms with van der Waals surface area (Å²) in [5.41, 5.74) is 4.86. The van der Waals surface area contributed by atoms with Crippen molar-refractivity contribution < 1.29 is 13.9 Å². The van der Waals surface area contributed by atoms with Crippen LogP contribution in [0.5, 0.6) is 11.5 Å². The molecule has 1 aromatic heterocycles. The summed E-state index contributed by atoms with van der Waals surface area (Å²) in [5.74, 6) is 2.00. The molecule has 4 heteroatoms. The lowest BCUT2D eigenvalue weighted by molar-refractivity contribution is 0.311. The highest BCUT2D eigenvalue weighted by atomic mass is 16.5. The highest BCUT2D eigenvalue weighted by molar-refractivity contribution is 5.82. The molecule has 3 aromatic carbocycles. The zero-order valence-corrected chi connectivity index (χ0v) is 15.9. The Balaban J connectivity index is 1.59. The van der Waals surface area contributed by atoms with Gasteiger partial charge in [0.15, 0.2) is 17.1 Å². The first-order chi connectivity index (χ1) is 13.8. The van der Waals surface area contributed by atoms with Crippen molar-refractivity contribution >= 4 is 23.3 Å². The molecule has 4 aromatic rings. The van der Waals surface area contributed by atoms with Gasteiger partial charge in [0.1, 0.15) is 5.52 Å². The molecule has 0 radical (unpaired) electrons. The minimum Gasteiger partial charge on any atom is -0.493 e. The van der Waals surface area contributed by atoms with Gasteiger partial charge in [-0.2, -0.15) is 0 Å². The van der Waals surface area contributed by atoms with Crippen molar-refractivity contribution in [2.75, 3.05) is 13.7 Å². The fourth-order valence-electron chi connectivity index (χ4n) is 3.06. The highest BCUT2D eigenvalue weighted by Crippen LogP contribution is 2.29. The molecular weight excluding hydrogens is 350 g/mol. The zero-order chi connectivity index (χ0) is 19.3. The summed E-state index contributed by atoms with van der Waals surface area (Å²) in [5, 5.41) is 0. The number of rotatable bonds is 6. The van der Waals surface area contributed by atoms with Crippen LogP contribution in [0.15, 0.2) is 71.1 Å². The Labute approximate surface area is 164 Å². The predicted molar refractivity (Wildman–Crippen MR) is 113 cm³/mol. The van der Waals surface area contributed by atoms with Crippen LogP contribution in [-0.2, 0) is 0 Å². The SMILES string of the molecule is CCOc1ccc(/C=C/c2nc3cc(-c4ccccc4)ccc3o2)cc1OC. The Bertz CT molecular complexity index is 1110. The number of hydrogen-bond donors (Lipinski definition) is 0. The number of aromatic nitrogens is 1. The minimum atomic E-state index is 0.563. The van der Waals surface area contributed by atoms with Crippen LogP contribution in [0.3, 0.4) is 0 Å². The summed E-state index contributed by atoms with van der Waals surface area (Å²) in [6, 6.07) is 22.1. The second-order valence-electron chi connectivity index (χ2n) is 6.28. The molecule has 4 rings (SSSR count).